The third kappa shape index (κ3) is 4.86. The highest BCUT2D eigenvalue weighted by atomic mass is 35.5. The monoisotopic (exact) mass is 284 g/mol. The van der Waals surface area contributed by atoms with E-state index in [2.05, 4.69) is 4.72 Å². The summed E-state index contributed by atoms with van der Waals surface area (Å²) in [6, 6.07) is 3.55. The van der Waals surface area contributed by atoms with Crippen LogP contribution in [0.5, 0.6) is 0 Å². The number of rotatable bonds is 4. The van der Waals surface area contributed by atoms with E-state index in [1.807, 2.05) is 0 Å². The Hall–Kier alpha value is -0.890. The molecular formula is C9H14ClFN2O3S. The summed E-state index contributed by atoms with van der Waals surface area (Å²) in [5.74, 6) is -0.628. The molecule has 98 valence electrons. The maximum Gasteiger partial charge on any atom is 0.229 e. The van der Waals surface area contributed by atoms with Gasteiger partial charge in [0.05, 0.1) is 12.4 Å². The molecule has 1 rings (SSSR count). The molecule has 0 aliphatic carbocycles. The van der Waals surface area contributed by atoms with Crippen LogP contribution in [0.3, 0.4) is 0 Å². The topological polar surface area (TPSA) is 92.4 Å². The Labute approximate surface area is 105 Å². The standard InChI is InChI=1S/C9H13FN2O3S.ClH/c1-16(14,15)12-6-2-3-8(10)7(4-6)9(13)5-11;/h2-4,9,12-13H,5,11H2,1H3;1H. The van der Waals surface area contributed by atoms with Crippen molar-refractivity contribution >= 4 is 28.1 Å². The van der Waals surface area contributed by atoms with E-state index in [1.165, 1.54) is 12.1 Å². The molecule has 0 saturated heterocycles. The van der Waals surface area contributed by atoms with Crippen LogP contribution in [0.1, 0.15) is 11.7 Å². The summed E-state index contributed by atoms with van der Waals surface area (Å²) in [5.41, 5.74) is 5.35. The van der Waals surface area contributed by atoms with Crippen molar-refractivity contribution in [2.24, 2.45) is 5.73 Å². The SMILES string of the molecule is CS(=O)(=O)Nc1ccc(F)c(C(O)CN)c1.Cl. The lowest BCUT2D eigenvalue weighted by atomic mass is 10.1. The molecule has 1 aromatic rings. The van der Waals surface area contributed by atoms with E-state index in [9.17, 15) is 17.9 Å². The van der Waals surface area contributed by atoms with Crippen LogP contribution in [-0.2, 0) is 10.0 Å². The van der Waals surface area contributed by atoms with Crippen LogP contribution >= 0.6 is 12.4 Å². The van der Waals surface area contributed by atoms with E-state index in [0.29, 0.717) is 0 Å². The molecule has 8 heteroatoms. The number of aliphatic hydroxyl groups excluding tert-OH is 1. The van der Waals surface area contributed by atoms with Crippen LogP contribution < -0.4 is 10.5 Å². The number of anilines is 1. The molecule has 1 unspecified atom stereocenters. The Morgan fingerprint density at radius 1 is 1.53 bits per heavy atom. The molecule has 0 fully saturated rings. The van der Waals surface area contributed by atoms with Crippen molar-refractivity contribution < 1.29 is 17.9 Å². The number of aliphatic hydroxyl groups is 1. The number of sulfonamides is 1. The second-order valence-corrected chi connectivity index (χ2v) is 5.11. The first kappa shape index (κ1) is 16.1. The van der Waals surface area contributed by atoms with Crippen molar-refractivity contribution in [2.75, 3.05) is 17.5 Å². The first-order valence-electron chi connectivity index (χ1n) is 4.49. The van der Waals surface area contributed by atoms with Gasteiger partial charge in [-0.1, -0.05) is 0 Å². The average molecular weight is 285 g/mol. The lowest BCUT2D eigenvalue weighted by Gasteiger charge is -2.11. The first-order valence-corrected chi connectivity index (χ1v) is 6.38. The van der Waals surface area contributed by atoms with Crippen LogP contribution in [0.15, 0.2) is 18.2 Å². The van der Waals surface area contributed by atoms with E-state index in [1.54, 1.807) is 0 Å². The molecule has 1 aromatic carbocycles. The van der Waals surface area contributed by atoms with Crippen molar-refractivity contribution in [3.05, 3.63) is 29.6 Å². The highest BCUT2D eigenvalue weighted by Gasteiger charge is 2.13. The molecule has 0 aliphatic rings. The second-order valence-electron chi connectivity index (χ2n) is 3.36. The Morgan fingerprint density at radius 3 is 2.59 bits per heavy atom. The summed E-state index contributed by atoms with van der Waals surface area (Å²) in [4.78, 5) is 0. The largest absolute Gasteiger partial charge is 0.387 e. The van der Waals surface area contributed by atoms with Crippen LogP contribution in [0.2, 0.25) is 0 Å². The van der Waals surface area contributed by atoms with Crippen molar-refractivity contribution in [3.8, 4) is 0 Å². The third-order valence-corrected chi connectivity index (χ3v) is 2.49. The normalized spacial score (nSPS) is 12.7. The summed E-state index contributed by atoms with van der Waals surface area (Å²) >= 11 is 0. The van der Waals surface area contributed by atoms with Gasteiger partial charge in [-0.05, 0) is 18.2 Å². The number of nitrogens with two attached hydrogens (primary N) is 1. The van der Waals surface area contributed by atoms with Gasteiger partial charge in [0.2, 0.25) is 10.0 Å². The summed E-state index contributed by atoms with van der Waals surface area (Å²) in [6.07, 6.45) is -0.170. The number of hydrogen-bond acceptors (Lipinski definition) is 4. The zero-order valence-corrected chi connectivity index (χ0v) is 10.7. The second kappa shape index (κ2) is 6.15. The van der Waals surface area contributed by atoms with E-state index in [4.69, 9.17) is 5.73 Å². The lowest BCUT2D eigenvalue weighted by molar-refractivity contribution is 0.182. The highest BCUT2D eigenvalue weighted by molar-refractivity contribution is 7.92. The zero-order chi connectivity index (χ0) is 12.3. The predicted octanol–water partition coefficient (Wildman–Crippen LogP) is 0.611. The summed E-state index contributed by atoms with van der Waals surface area (Å²) in [5, 5.41) is 9.39. The average Bonchev–Trinajstić information content (AvgIpc) is 2.18. The van der Waals surface area contributed by atoms with E-state index < -0.39 is 21.9 Å². The van der Waals surface area contributed by atoms with Gasteiger partial charge in [-0.15, -0.1) is 12.4 Å². The molecule has 0 radical (unpaired) electrons. The molecule has 5 nitrogen and oxygen atoms in total. The van der Waals surface area contributed by atoms with Gasteiger partial charge in [0.15, 0.2) is 0 Å². The first-order chi connectivity index (χ1) is 7.33. The fourth-order valence-electron chi connectivity index (χ4n) is 1.20. The van der Waals surface area contributed by atoms with Crippen LogP contribution in [0, 0.1) is 5.82 Å². The fourth-order valence-corrected chi connectivity index (χ4v) is 1.76. The summed E-state index contributed by atoms with van der Waals surface area (Å²) < 4.78 is 37.3. The summed E-state index contributed by atoms with van der Waals surface area (Å²) in [6.45, 7) is -0.140. The van der Waals surface area contributed by atoms with Gasteiger partial charge in [0.1, 0.15) is 5.82 Å². The maximum atomic E-state index is 13.2. The Bertz CT molecular complexity index is 481. The van der Waals surface area contributed by atoms with Gasteiger partial charge >= 0.3 is 0 Å². The van der Waals surface area contributed by atoms with Crippen molar-refractivity contribution in [1.29, 1.82) is 0 Å². The van der Waals surface area contributed by atoms with Crippen molar-refractivity contribution in [2.45, 2.75) is 6.10 Å². The molecule has 0 amide bonds. The van der Waals surface area contributed by atoms with Gasteiger partial charge < -0.3 is 10.8 Å². The molecule has 0 saturated carbocycles. The van der Waals surface area contributed by atoms with Gasteiger partial charge in [0, 0.05) is 17.8 Å². The number of benzene rings is 1. The Balaban J connectivity index is 0.00000256. The van der Waals surface area contributed by atoms with Crippen molar-refractivity contribution in [3.63, 3.8) is 0 Å². The van der Waals surface area contributed by atoms with Crippen LogP contribution in [0.25, 0.3) is 0 Å². The minimum Gasteiger partial charge on any atom is -0.387 e. The van der Waals surface area contributed by atoms with E-state index >= 15 is 0 Å². The molecule has 0 aromatic heterocycles. The zero-order valence-electron chi connectivity index (χ0n) is 9.05. The molecule has 1 atom stereocenters. The molecule has 0 heterocycles. The molecule has 17 heavy (non-hydrogen) atoms. The Kier molecular flexibility index (Phi) is 5.83. The molecule has 0 bridgehead atoms. The van der Waals surface area contributed by atoms with Gasteiger partial charge in [-0.25, -0.2) is 12.8 Å². The molecular weight excluding hydrogens is 271 g/mol. The highest BCUT2D eigenvalue weighted by Crippen LogP contribution is 2.21. The number of halogens is 2. The molecule has 0 spiro atoms. The lowest BCUT2D eigenvalue weighted by Crippen LogP contribution is -2.14. The maximum absolute atomic E-state index is 13.2. The van der Waals surface area contributed by atoms with Gasteiger partial charge in [-0.3, -0.25) is 4.72 Å². The van der Waals surface area contributed by atoms with Crippen molar-refractivity contribution in [1.82, 2.24) is 0 Å². The van der Waals surface area contributed by atoms with Gasteiger partial charge in [-0.2, -0.15) is 0 Å². The third-order valence-electron chi connectivity index (χ3n) is 1.88. The number of nitrogens with one attached hydrogen (secondary N) is 1. The Morgan fingerprint density at radius 2 is 2.12 bits per heavy atom. The van der Waals surface area contributed by atoms with E-state index in [-0.39, 0.29) is 30.2 Å². The van der Waals surface area contributed by atoms with E-state index in [0.717, 1.165) is 12.3 Å². The quantitative estimate of drug-likeness (QED) is 0.755. The minimum absolute atomic E-state index is 0. The van der Waals surface area contributed by atoms with Crippen LogP contribution in [0.4, 0.5) is 10.1 Å². The smallest absolute Gasteiger partial charge is 0.229 e. The predicted molar refractivity (Wildman–Crippen MR) is 66.1 cm³/mol. The molecule has 4 N–H and O–H groups in total. The minimum atomic E-state index is -3.42. The number of hydrogen-bond donors (Lipinski definition) is 3. The fraction of sp³-hybridized carbons (Fsp3) is 0.333. The summed E-state index contributed by atoms with van der Waals surface area (Å²) in [7, 11) is -3.42. The van der Waals surface area contributed by atoms with Crippen LogP contribution in [-0.4, -0.2) is 26.3 Å². The van der Waals surface area contributed by atoms with Gasteiger partial charge in [0.25, 0.3) is 0 Å². The molecule has 0 aliphatic heterocycles.